The third-order valence-corrected chi connectivity index (χ3v) is 16.8. The zero-order valence-electron chi connectivity index (χ0n) is 30.6. The highest BCUT2D eigenvalue weighted by molar-refractivity contribution is 7.99. The summed E-state index contributed by atoms with van der Waals surface area (Å²) in [5, 5.41) is 42.9. The van der Waals surface area contributed by atoms with Gasteiger partial charge in [-0.25, -0.2) is 52.7 Å². The highest BCUT2D eigenvalue weighted by atomic mass is 32.2. The Hall–Kier alpha value is -2.48. The van der Waals surface area contributed by atoms with E-state index >= 15 is 0 Å². The summed E-state index contributed by atoms with van der Waals surface area (Å²) in [6.07, 6.45) is -12.1. The van der Waals surface area contributed by atoms with Crippen LogP contribution in [0, 0.1) is 0 Å². The number of fused-ring (bicyclic) bond motifs is 2. The fraction of sp³-hybridized carbons (Fsp3) is 0.565. The van der Waals surface area contributed by atoms with Gasteiger partial charge in [0.05, 0.1) is 19.0 Å². The summed E-state index contributed by atoms with van der Waals surface area (Å²) in [7, 11) is -31.0. The van der Waals surface area contributed by atoms with Crippen molar-refractivity contribution < 1.29 is 103 Å². The highest BCUT2D eigenvalue weighted by Gasteiger charge is 2.52. The van der Waals surface area contributed by atoms with Crippen molar-refractivity contribution in [1.29, 1.82) is 0 Å². The molecule has 2 aliphatic rings. The van der Waals surface area contributed by atoms with Gasteiger partial charge in [-0.2, -0.15) is 17.2 Å². The van der Waals surface area contributed by atoms with Gasteiger partial charge < -0.3 is 65.8 Å². The Labute approximate surface area is 343 Å². The molecule has 340 valence electrons. The number of anilines is 2. The maximum absolute atomic E-state index is 12.7. The minimum absolute atomic E-state index is 0.0268. The molecule has 0 aliphatic carbocycles. The number of nitrogen functional groups attached to an aromatic ring is 2. The standard InChI is InChI=1S/C23H35N10O22P5S/c1-3-61-23-31-11-18(25)27-6-29-20(11)33(23)22-14(36)12(34)9(49-22)4-48-56(38,39)52-58(42,43)54-60(46,47)55-59(44,45)53-57(40,41)51-8(2)16-13(35)15(37)21(50-16)32-7-30-10-17(24)26-5-28-19(10)32/h5-9,12-16,21-22,34-37H,3-4H2,1-2H3,(H,38,39)(H,40,41)(H,42,43)(H,44,45)(H,46,47)(H2,24,26,28)(H2,25,27,29)/t8-,9-,12-,13+,14-,15-,16-,21?,22?/m1/s1. The van der Waals surface area contributed by atoms with E-state index in [1.807, 2.05) is 0 Å². The molecule has 6 rings (SSSR count). The zero-order valence-corrected chi connectivity index (χ0v) is 35.8. The number of aliphatic hydroxyl groups is 4. The van der Waals surface area contributed by atoms with Crippen molar-refractivity contribution in [1.82, 2.24) is 39.0 Å². The molecule has 7 unspecified atom stereocenters. The first-order valence-electron chi connectivity index (χ1n) is 16.6. The van der Waals surface area contributed by atoms with Crippen LogP contribution < -0.4 is 11.5 Å². The summed E-state index contributed by atoms with van der Waals surface area (Å²) < 4.78 is 101. The molecule has 4 aromatic rings. The number of phosphoric ester groups is 2. The van der Waals surface area contributed by atoms with E-state index in [4.69, 9.17) is 25.5 Å². The van der Waals surface area contributed by atoms with Gasteiger partial charge in [0.2, 0.25) is 0 Å². The van der Waals surface area contributed by atoms with Gasteiger partial charge in [-0.15, -0.1) is 0 Å². The third-order valence-electron chi connectivity index (χ3n) is 8.26. The lowest BCUT2D eigenvalue weighted by molar-refractivity contribution is -0.0755. The Morgan fingerprint density at radius 3 is 1.87 bits per heavy atom. The van der Waals surface area contributed by atoms with Crippen LogP contribution in [0.4, 0.5) is 11.6 Å². The lowest BCUT2D eigenvalue weighted by Crippen LogP contribution is -2.38. The van der Waals surface area contributed by atoms with Crippen molar-refractivity contribution in [3.05, 3.63) is 19.0 Å². The topological polar surface area (TPSA) is 481 Å². The Morgan fingerprint density at radius 2 is 1.26 bits per heavy atom. The molecule has 14 atom stereocenters. The van der Waals surface area contributed by atoms with Crippen LogP contribution in [0.5, 0.6) is 0 Å². The second kappa shape index (κ2) is 17.8. The molecule has 38 heteroatoms. The van der Waals surface area contributed by atoms with Gasteiger partial charge in [-0.3, -0.25) is 18.2 Å². The van der Waals surface area contributed by atoms with E-state index < -0.39 is 101 Å². The first-order chi connectivity index (χ1) is 28.2. The number of aromatic nitrogens is 8. The third kappa shape index (κ3) is 10.7. The number of ether oxygens (including phenoxy) is 2. The lowest BCUT2D eigenvalue weighted by Gasteiger charge is -2.25. The van der Waals surface area contributed by atoms with Crippen LogP contribution in [-0.4, -0.2) is 139 Å². The van der Waals surface area contributed by atoms with E-state index in [1.54, 1.807) is 6.92 Å². The van der Waals surface area contributed by atoms with Crippen LogP contribution in [0.3, 0.4) is 0 Å². The lowest BCUT2D eigenvalue weighted by atomic mass is 10.1. The number of hydrogen-bond donors (Lipinski definition) is 11. The maximum Gasteiger partial charge on any atom is 0.490 e. The smallest absolute Gasteiger partial charge is 0.387 e. The molecule has 0 spiro atoms. The van der Waals surface area contributed by atoms with Gasteiger partial charge in [0.1, 0.15) is 54.8 Å². The van der Waals surface area contributed by atoms with Gasteiger partial charge in [0.15, 0.2) is 46.1 Å². The summed E-state index contributed by atoms with van der Waals surface area (Å²) in [5.41, 5.74) is 12.0. The SMILES string of the molecule is CCSc1nc2c(N)ncnc2n1C1O[C@H](COP(=O)(O)OP(=O)(O)OP(=O)(O)OP(=O)(O)OP(=O)(O)O[C@H](C)[C@H]2OC(n3cnc4c(N)ncnc43)[C@H](O)[C@@H]2O)[C@@H](O)[C@H]1O. The summed E-state index contributed by atoms with van der Waals surface area (Å²) in [5.74, 6) is 0.395. The van der Waals surface area contributed by atoms with Gasteiger partial charge in [0, 0.05) is 0 Å². The molecule has 32 nitrogen and oxygen atoms in total. The first-order valence-corrected chi connectivity index (χ1v) is 25.1. The molecular formula is C23H35N10O22P5S. The van der Waals surface area contributed by atoms with E-state index in [0.29, 0.717) is 5.75 Å². The predicted octanol–water partition coefficient (Wildman–Crippen LogP) is -0.829. The van der Waals surface area contributed by atoms with E-state index in [1.165, 1.54) is 4.57 Å². The Kier molecular flexibility index (Phi) is 14.0. The monoisotopic (exact) mass is 990 g/mol. The molecule has 2 saturated heterocycles. The van der Waals surface area contributed by atoms with Crippen LogP contribution in [0.1, 0.15) is 26.3 Å². The van der Waals surface area contributed by atoms with Gasteiger partial charge in [-0.05, 0) is 12.7 Å². The molecule has 6 heterocycles. The number of thioether (sulfide) groups is 1. The molecule has 2 aliphatic heterocycles. The van der Waals surface area contributed by atoms with Gasteiger partial charge in [-0.1, -0.05) is 18.7 Å². The molecule has 2 fully saturated rings. The Bertz CT molecular complexity index is 2520. The van der Waals surface area contributed by atoms with Crippen molar-refractivity contribution in [2.45, 2.75) is 74.2 Å². The van der Waals surface area contributed by atoms with E-state index in [-0.39, 0.29) is 39.1 Å². The van der Waals surface area contributed by atoms with Crippen LogP contribution in [-0.2, 0) is 58.6 Å². The van der Waals surface area contributed by atoms with Crippen LogP contribution in [0.25, 0.3) is 22.3 Å². The van der Waals surface area contributed by atoms with Gasteiger partial charge in [0.25, 0.3) is 0 Å². The fourth-order valence-electron chi connectivity index (χ4n) is 5.85. The number of hydrogen-bond acceptors (Lipinski definition) is 26. The van der Waals surface area contributed by atoms with Crippen molar-refractivity contribution in [2.24, 2.45) is 0 Å². The minimum Gasteiger partial charge on any atom is -0.387 e. The summed E-state index contributed by atoms with van der Waals surface area (Å²) in [6, 6.07) is 0. The minimum atomic E-state index is -6.47. The largest absolute Gasteiger partial charge is 0.490 e. The zero-order chi connectivity index (χ0) is 45.0. The number of nitrogens with zero attached hydrogens (tertiary/aromatic N) is 8. The normalized spacial score (nSPS) is 30.1. The number of rotatable bonds is 18. The summed E-state index contributed by atoms with van der Waals surface area (Å²) in [6.45, 7) is 1.57. The van der Waals surface area contributed by atoms with E-state index in [9.17, 15) is 67.7 Å². The molecule has 13 N–H and O–H groups in total. The molecule has 0 radical (unpaired) electrons. The molecule has 0 saturated carbocycles. The number of phosphoric acid groups is 5. The summed E-state index contributed by atoms with van der Waals surface area (Å²) in [4.78, 5) is 74.0. The van der Waals surface area contributed by atoms with E-state index in [2.05, 4.69) is 51.7 Å². The molecular weight excluding hydrogens is 955 g/mol. The van der Waals surface area contributed by atoms with E-state index in [0.717, 1.165) is 42.2 Å². The van der Waals surface area contributed by atoms with Crippen molar-refractivity contribution in [3.8, 4) is 0 Å². The number of nitrogens with two attached hydrogens (primary N) is 2. The maximum atomic E-state index is 12.7. The Balaban J connectivity index is 1.03. The highest BCUT2D eigenvalue weighted by Crippen LogP contribution is 2.74. The van der Waals surface area contributed by atoms with Crippen LogP contribution in [0.15, 0.2) is 24.1 Å². The predicted molar refractivity (Wildman–Crippen MR) is 198 cm³/mol. The number of aliphatic hydroxyl groups excluding tert-OH is 4. The van der Waals surface area contributed by atoms with Crippen molar-refractivity contribution in [2.75, 3.05) is 23.8 Å². The van der Waals surface area contributed by atoms with Gasteiger partial charge >= 0.3 is 39.1 Å². The van der Waals surface area contributed by atoms with Crippen molar-refractivity contribution >= 4 is 84.8 Å². The fourth-order valence-corrected chi connectivity index (χ4v) is 13.2. The average Bonchev–Trinajstić information content (AvgIpc) is 3.85. The van der Waals surface area contributed by atoms with Crippen LogP contribution in [0.2, 0.25) is 0 Å². The molecule has 0 amide bonds. The molecule has 0 aromatic carbocycles. The molecule has 61 heavy (non-hydrogen) atoms. The first kappa shape index (κ1) is 48.0. The summed E-state index contributed by atoms with van der Waals surface area (Å²) >= 11 is 1.16. The Morgan fingerprint density at radius 1 is 0.721 bits per heavy atom. The average molecular weight is 991 g/mol. The van der Waals surface area contributed by atoms with Crippen molar-refractivity contribution in [3.63, 3.8) is 0 Å². The molecule has 0 bridgehead atoms. The van der Waals surface area contributed by atoms with Crippen LogP contribution >= 0.6 is 50.9 Å². The molecule has 4 aromatic heterocycles. The second-order valence-electron chi connectivity index (χ2n) is 12.5. The number of imidazole rings is 2. The quantitative estimate of drug-likeness (QED) is 0.0428. The second-order valence-corrected chi connectivity index (χ2v) is 21.5.